The summed E-state index contributed by atoms with van der Waals surface area (Å²) < 4.78 is 0. The van der Waals surface area contributed by atoms with Gasteiger partial charge in [-0.3, -0.25) is 57.5 Å². The molecule has 412 valence electrons. The number of carbonyl (C=O) groups is 13. The number of carboxylic acids is 3. The number of aliphatic hydroxyl groups is 1. The van der Waals surface area contributed by atoms with Crippen molar-refractivity contribution in [3.63, 3.8) is 0 Å². The molecule has 0 radical (unpaired) electrons. The molecule has 17 N–H and O–H groups in total. The SMILES string of the molecule is CC(C)C[C@H](NC(=O)[C@@H](N)CC(N)=O)C(=O)NCC(=O)N[C@@H](CCC(=O)O)C(=O)N[C@@H](Cc1cnc[nH]1)C(=O)N1CCC[C@H]1C(=O)N[C@H](C(=O)N[C@@H](CS)C(=O)N[C@@H](CC(=O)O)C(=O)N[C@@H](CO)C(=O)O)C(C)C. The predicted octanol–water partition coefficient (Wildman–Crippen LogP) is -6.30. The Morgan fingerprint density at radius 2 is 1.34 bits per heavy atom. The lowest BCUT2D eigenvalue weighted by Crippen LogP contribution is -2.61. The molecule has 0 aromatic carbocycles. The van der Waals surface area contributed by atoms with Crippen LogP contribution in [0.25, 0.3) is 0 Å². The minimum absolute atomic E-state index is 0.0163. The van der Waals surface area contributed by atoms with Crippen molar-refractivity contribution in [3.05, 3.63) is 18.2 Å². The zero-order valence-corrected chi connectivity index (χ0v) is 42.0. The van der Waals surface area contributed by atoms with E-state index >= 15 is 0 Å². The summed E-state index contributed by atoms with van der Waals surface area (Å²) in [5.74, 6) is -15.3. The maximum absolute atomic E-state index is 14.4. The molecule has 0 bridgehead atoms. The van der Waals surface area contributed by atoms with Crippen LogP contribution < -0.4 is 54.0 Å². The fraction of sp³-hybridized carbons (Fsp3) is 0.628. The number of aromatic amines is 1. The summed E-state index contributed by atoms with van der Waals surface area (Å²) in [6.07, 6.45) is 0.169. The predicted molar refractivity (Wildman–Crippen MR) is 257 cm³/mol. The van der Waals surface area contributed by atoms with Gasteiger partial charge in [-0.25, -0.2) is 9.78 Å². The number of nitrogens with zero attached hydrogens (tertiary/aromatic N) is 2. The molecule has 1 aliphatic heterocycles. The smallest absolute Gasteiger partial charge is 0.328 e. The molecule has 1 saturated heterocycles. The first-order valence-corrected chi connectivity index (χ1v) is 23.9. The molecule has 10 amide bonds. The van der Waals surface area contributed by atoms with E-state index in [2.05, 4.69) is 59.8 Å². The number of thiol groups is 1. The Hall–Kier alpha value is -7.41. The van der Waals surface area contributed by atoms with Gasteiger partial charge in [-0.2, -0.15) is 12.6 Å². The number of nitrogens with one attached hydrogen (secondary N) is 9. The fourth-order valence-electron chi connectivity index (χ4n) is 7.31. The molecule has 31 heteroatoms. The van der Waals surface area contributed by atoms with Gasteiger partial charge in [0.15, 0.2) is 0 Å². The number of aliphatic hydroxyl groups excluding tert-OH is 1. The molecular weight excluding hydrogens is 1000 g/mol. The zero-order chi connectivity index (χ0) is 56.0. The largest absolute Gasteiger partial charge is 0.481 e. The maximum atomic E-state index is 14.4. The van der Waals surface area contributed by atoms with E-state index in [9.17, 15) is 82.8 Å². The summed E-state index contributed by atoms with van der Waals surface area (Å²) in [5, 5.41) is 55.9. The Morgan fingerprint density at radius 3 is 1.88 bits per heavy atom. The van der Waals surface area contributed by atoms with Gasteiger partial charge >= 0.3 is 17.9 Å². The van der Waals surface area contributed by atoms with Gasteiger partial charge in [0.1, 0.15) is 48.3 Å². The molecule has 0 saturated carbocycles. The van der Waals surface area contributed by atoms with E-state index in [1.807, 2.05) is 5.32 Å². The number of rotatable bonds is 32. The van der Waals surface area contributed by atoms with Crippen molar-refractivity contribution < 1.29 is 82.8 Å². The van der Waals surface area contributed by atoms with E-state index < -0.39 is 182 Å². The number of primary amides is 1. The van der Waals surface area contributed by atoms with E-state index in [-0.39, 0.29) is 38.1 Å². The Kier molecular flexibility index (Phi) is 25.9. The van der Waals surface area contributed by atoms with Crippen LogP contribution in [0.3, 0.4) is 0 Å². The van der Waals surface area contributed by atoms with Gasteiger partial charge in [0.05, 0.1) is 38.4 Å². The number of aromatic nitrogens is 2. The first-order chi connectivity index (χ1) is 34.7. The Bertz CT molecular complexity index is 2200. The van der Waals surface area contributed by atoms with Gasteiger partial charge < -0.3 is 84.3 Å². The summed E-state index contributed by atoms with van der Waals surface area (Å²) in [7, 11) is 0. The molecule has 1 aromatic heterocycles. The van der Waals surface area contributed by atoms with Crippen molar-refractivity contribution in [1.29, 1.82) is 0 Å². The first-order valence-electron chi connectivity index (χ1n) is 23.3. The highest BCUT2D eigenvalue weighted by Gasteiger charge is 2.41. The van der Waals surface area contributed by atoms with Gasteiger partial charge in [-0.05, 0) is 37.5 Å². The van der Waals surface area contributed by atoms with Crippen LogP contribution in [0, 0.1) is 11.8 Å². The van der Waals surface area contributed by atoms with Crippen LogP contribution in [0.2, 0.25) is 0 Å². The average Bonchev–Trinajstić information content (AvgIpc) is 4.03. The van der Waals surface area contributed by atoms with E-state index in [1.54, 1.807) is 27.7 Å². The molecule has 30 nitrogen and oxygen atoms in total. The van der Waals surface area contributed by atoms with Crippen LogP contribution in [0.5, 0.6) is 0 Å². The van der Waals surface area contributed by atoms with E-state index in [0.29, 0.717) is 5.69 Å². The van der Waals surface area contributed by atoms with Crippen molar-refractivity contribution >= 4 is 89.6 Å². The Balaban J connectivity index is 2.29. The zero-order valence-electron chi connectivity index (χ0n) is 41.1. The summed E-state index contributed by atoms with van der Waals surface area (Å²) >= 11 is 4.09. The van der Waals surface area contributed by atoms with E-state index in [1.165, 1.54) is 12.5 Å². The lowest BCUT2D eigenvalue weighted by atomic mass is 10.0. The highest BCUT2D eigenvalue weighted by molar-refractivity contribution is 7.80. The molecule has 0 aliphatic carbocycles. The minimum Gasteiger partial charge on any atom is -0.481 e. The monoisotopic (exact) mass is 1070 g/mol. The van der Waals surface area contributed by atoms with Crippen LogP contribution in [0.1, 0.15) is 78.3 Å². The van der Waals surface area contributed by atoms with Gasteiger partial charge in [-0.1, -0.05) is 27.7 Å². The second-order valence-electron chi connectivity index (χ2n) is 18.0. The van der Waals surface area contributed by atoms with Crippen LogP contribution in [-0.4, -0.2) is 192 Å². The summed E-state index contributed by atoms with van der Waals surface area (Å²) in [4.78, 5) is 175. The third-order valence-electron chi connectivity index (χ3n) is 11.1. The van der Waals surface area contributed by atoms with Crippen molar-refractivity contribution in [2.75, 3.05) is 25.4 Å². The normalized spacial score (nSPS) is 16.4. The fourth-order valence-corrected chi connectivity index (χ4v) is 7.57. The van der Waals surface area contributed by atoms with Gasteiger partial charge in [0, 0.05) is 37.0 Å². The van der Waals surface area contributed by atoms with Gasteiger partial charge in [0.2, 0.25) is 59.1 Å². The van der Waals surface area contributed by atoms with E-state index in [0.717, 1.165) is 4.90 Å². The number of aliphatic carboxylic acids is 3. The lowest BCUT2D eigenvalue weighted by molar-refractivity contribution is -0.144. The molecule has 1 fully saturated rings. The first kappa shape index (κ1) is 62.7. The number of H-pyrrole nitrogens is 1. The number of hydrogen-bond donors (Lipinski definition) is 16. The van der Waals surface area contributed by atoms with Crippen LogP contribution in [0.15, 0.2) is 12.5 Å². The second-order valence-corrected chi connectivity index (χ2v) is 18.3. The number of hydrogen-bond acceptors (Lipinski definition) is 17. The molecule has 74 heavy (non-hydrogen) atoms. The highest BCUT2D eigenvalue weighted by Crippen LogP contribution is 2.21. The number of amides is 10. The molecule has 9 atom stereocenters. The van der Waals surface area contributed by atoms with Crippen LogP contribution in [-0.2, 0) is 68.7 Å². The molecule has 0 spiro atoms. The Labute approximate surface area is 429 Å². The minimum atomic E-state index is -1.87. The lowest BCUT2D eigenvalue weighted by Gasteiger charge is -2.31. The molecule has 0 unspecified atom stereocenters. The number of likely N-dealkylation sites (tertiary alicyclic amines) is 1. The molecule has 1 aromatic rings. The standard InChI is InChI=1S/C43H67N13O17S/c1-19(2)10-24(50-35(64)22(44)12-30(45)58)36(65)47-15-31(59)49-23(7-8-32(60)61)37(66)52-26(11-21-14-46-18-48-21)42(71)56-9-5-6-29(56)40(69)55-34(20(3)4)41(70)54-28(17-74)39(68)51-25(13-33(62)63)38(67)53-27(16-57)43(72)73/h14,18-20,22-29,34,57,74H,5-13,15-17,44H2,1-4H3,(H2,45,58)(H,46,48)(H,47,65)(H,49,59)(H,50,64)(H,51,68)(H,52,66)(H,53,67)(H,54,70)(H,55,69)(H,60,61)(H,62,63)(H,72,73)/t22-,23-,24-,25-,26-,27-,28-,29-,34-/m0/s1. The molecular formula is C43H67N13O17S. The van der Waals surface area contributed by atoms with E-state index in [4.69, 9.17) is 11.5 Å². The van der Waals surface area contributed by atoms with Crippen molar-refractivity contribution in [2.45, 2.75) is 133 Å². The molecule has 1 aliphatic rings. The number of carboxylic acid groups (broad SMARTS) is 3. The number of carbonyl (C=O) groups excluding carboxylic acids is 10. The molecule has 2 heterocycles. The summed E-state index contributed by atoms with van der Waals surface area (Å²) in [6, 6.07) is -13.5. The quantitative estimate of drug-likeness (QED) is 0.0299. The highest BCUT2D eigenvalue weighted by atomic mass is 32.1. The third kappa shape index (κ3) is 21.0. The average molecular weight is 1070 g/mol. The number of nitrogens with two attached hydrogens (primary N) is 2. The van der Waals surface area contributed by atoms with Crippen LogP contribution >= 0.6 is 12.6 Å². The van der Waals surface area contributed by atoms with Crippen molar-refractivity contribution in [3.8, 4) is 0 Å². The van der Waals surface area contributed by atoms with Crippen molar-refractivity contribution in [1.82, 2.24) is 57.4 Å². The Morgan fingerprint density at radius 1 is 0.743 bits per heavy atom. The van der Waals surface area contributed by atoms with Gasteiger partial charge in [-0.15, -0.1) is 0 Å². The molecule has 2 rings (SSSR count). The maximum Gasteiger partial charge on any atom is 0.328 e. The summed E-state index contributed by atoms with van der Waals surface area (Å²) in [6.45, 7) is 4.75. The van der Waals surface area contributed by atoms with Gasteiger partial charge in [0.25, 0.3) is 0 Å². The third-order valence-corrected chi connectivity index (χ3v) is 11.5. The summed E-state index contributed by atoms with van der Waals surface area (Å²) in [5.41, 5.74) is 11.2. The number of imidazole rings is 1. The van der Waals surface area contributed by atoms with Crippen molar-refractivity contribution in [2.24, 2.45) is 23.3 Å². The topological polar surface area (TPSA) is 483 Å². The second kappa shape index (κ2) is 30.6. The van der Waals surface area contributed by atoms with Crippen LogP contribution in [0.4, 0.5) is 0 Å².